The largest absolute Gasteiger partial charge is 0.326 e. The van der Waals surface area contributed by atoms with E-state index in [1.54, 1.807) is 0 Å². The van der Waals surface area contributed by atoms with Crippen LogP contribution in [0.25, 0.3) is 0 Å². The summed E-state index contributed by atoms with van der Waals surface area (Å²) in [6.45, 7) is 0. The third-order valence-electron chi connectivity index (χ3n) is 0.0825. The van der Waals surface area contributed by atoms with Gasteiger partial charge >= 0.3 is 8.25 Å². The predicted octanol–water partition coefficient (Wildman–Crippen LogP) is 1.05. The van der Waals surface area contributed by atoms with Gasteiger partial charge in [-0.3, -0.25) is 4.57 Å². The van der Waals surface area contributed by atoms with Crippen molar-refractivity contribution in [2.45, 2.75) is 0 Å². The molecule has 0 radical (unpaired) electrons. The maximum atomic E-state index is 10.2. The summed E-state index contributed by atoms with van der Waals surface area (Å²) in [5.41, 5.74) is 0. The number of rotatable bonds is 0. The van der Waals surface area contributed by atoms with Crippen molar-refractivity contribution in [3.8, 4) is 0 Å². The lowest BCUT2D eigenvalue weighted by molar-refractivity contribution is 0.400. The van der Waals surface area contributed by atoms with E-state index in [1.807, 2.05) is 0 Å². The van der Waals surface area contributed by atoms with Crippen molar-refractivity contribution in [1.82, 2.24) is 0 Å². The summed E-state index contributed by atoms with van der Waals surface area (Å²) in [6.07, 6.45) is -3.04. The Labute approximate surface area is 49.4 Å². The summed E-state index contributed by atoms with van der Waals surface area (Å²) < 4.78 is 39.4. The molecule has 9 heavy (non-hydrogen) atoms. The fraction of sp³-hybridized carbons (Fsp3) is 0. The molecule has 0 heterocycles. The van der Waals surface area contributed by atoms with Gasteiger partial charge in [-0.2, -0.15) is 8.78 Å². The number of hydrogen-bond acceptors (Lipinski definition) is 1. The third-order valence-corrected chi connectivity index (χ3v) is 0.0825. The van der Waals surface area contributed by atoms with E-state index in [-0.39, 0.29) is 0 Å². The summed E-state index contributed by atoms with van der Waals surface area (Å²) in [4.78, 5) is 14.3. The lowest BCUT2D eigenvalue weighted by Crippen LogP contribution is -1.42. The minimum Gasteiger partial charge on any atom is -0.326 e. The SMILES string of the molecule is FC=C(F)F.O=[PH](O)O. The van der Waals surface area contributed by atoms with Gasteiger partial charge in [0.05, 0.1) is 0 Å². The molecule has 56 valence electrons. The summed E-state index contributed by atoms with van der Waals surface area (Å²) in [7, 11) is -3.13. The van der Waals surface area contributed by atoms with Crippen LogP contribution in [-0.2, 0) is 4.57 Å². The van der Waals surface area contributed by atoms with Gasteiger partial charge in [0.1, 0.15) is 0 Å². The zero-order chi connectivity index (χ0) is 7.86. The minimum atomic E-state index is -3.13. The molecule has 0 aromatic carbocycles. The van der Waals surface area contributed by atoms with Crippen LogP contribution in [0.3, 0.4) is 0 Å². The Morgan fingerprint density at radius 1 is 1.44 bits per heavy atom. The van der Waals surface area contributed by atoms with E-state index < -0.39 is 20.7 Å². The summed E-state index contributed by atoms with van der Waals surface area (Å²) >= 11 is 0. The molecule has 0 saturated carbocycles. The molecule has 0 unspecified atom stereocenters. The maximum Gasteiger partial charge on any atom is 0.314 e. The highest BCUT2D eigenvalue weighted by Crippen LogP contribution is 1.98. The summed E-state index contributed by atoms with van der Waals surface area (Å²) in [5, 5.41) is 0. The summed E-state index contributed by atoms with van der Waals surface area (Å²) in [5.74, 6) is 0. The van der Waals surface area contributed by atoms with Crippen molar-refractivity contribution in [2.24, 2.45) is 0 Å². The van der Waals surface area contributed by atoms with Crippen molar-refractivity contribution >= 4 is 8.25 Å². The Balaban J connectivity index is 0. The molecule has 0 amide bonds. The highest BCUT2D eigenvalue weighted by atomic mass is 31.1. The van der Waals surface area contributed by atoms with Gasteiger partial charge in [0, 0.05) is 0 Å². The molecule has 2 N–H and O–H groups in total. The van der Waals surface area contributed by atoms with Gasteiger partial charge in [-0.1, -0.05) is 0 Å². The molecule has 0 aromatic heterocycles. The molecule has 0 aliphatic heterocycles. The van der Waals surface area contributed by atoms with E-state index in [0.717, 1.165) is 0 Å². The Hall–Kier alpha value is -0.320. The summed E-state index contributed by atoms with van der Waals surface area (Å²) in [6, 6.07) is 0. The van der Waals surface area contributed by atoms with Gasteiger partial charge < -0.3 is 9.79 Å². The Morgan fingerprint density at radius 2 is 1.56 bits per heavy atom. The first-order valence-electron chi connectivity index (χ1n) is 1.54. The first kappa shape index (κ1) is 11.5. The molecule has 0 aliphatic carbocycles. The monoisotopic (exact) mass is 164 g/mol. The van der Waals surface area contributed by atoms with E-state index in [9.17, 15) is 13.2 Å². The van der Waals surface area contributed by atoms with E-state index in [4.69, 9.17) is 14.4 Å². The van der Waals surface area contributed by atoms with Crippen molar-refractivity contribution in [2.75, 3.05) is 0 Å². The van der Waals surface area contributed by atoms with Crippen LogP contribution in [0.4, 0.5) is 13.2 Å². The van der Waals surface area contributed by atoms with Gasteiger partial charge in [-0.25, -0.2) is 4.39 Å². The molecule has 0 atom stereocenters. The topological polar surface area (TPSA) is 57.5 Å². The van der Waals surface area contributed by atoms with Crippen molar-refractivity contribution in [3.63, 3.8) is 0 Å². The second-order valence-electron chi connectivity index (χ2n) is 0.681. The average Bonchev–Trinajstić information content (AvgIpc) is 1.65. The lowest BCUT2D eigenvalue weighted by Gasteiger charge is -1.61. The molecule has 0 aromatic rings. The fourth-order valence-corrected chi connectivity index (χ4v) is 0. The quantitative estimate of drug-likeness (QED) is 0.526. The second-order valence-corrected chi connectivity index (χ2v) is 1.25. The molecule has 0 saturated heterocycles. The van der Waals surface area contributed by atoms with Crippen LogP contribution < -0.4 is 0 Å². The van der Waals surface area contributed by atoms with Gasteiger partial charge in [0.2, 0.25) is 0 Å². The van der Waals surface area contributed by atoms with Crippen LogP contribution in [0.15, 0.2) is 12.4 Å². The molecule has 7 heteroatoms. The van der Waals surface area contributed by atoms with E-state index in [1.165, 1.54) is 0 Å². The zero-order valence-electron chi connectivity index (χ0n) is 4.01. The minimum absolute atomic E-state index is 0.750. The molecular formula is C2H4F3O3P. The molecule has 3 nitrogen and oxygen atoms in total. The zero-order valence-corrected chi connectivity index (χ0v) is 5.01. The van der Waals surface area contributed by atoms with Gasteiger partial charge in [-0.05, 0) is 0 Å². The molecular weight excluding hydrogens is 160 g/mol. The normalized spacial score (nSPS) is 7.78. The van der Waals surface area contributed by atoms with Crippen LogP contribution in [0, 0.1) is 0 Å². The van der Waals surface area contributed by atoms with Crippen LogP contribution in [-0.4, -0.2) is 9.79 Å². The van der Waals surface area contributed by atoms with Crippen LogP contribution in [0.1, 0.15) is 0 Å². The standard InChI is InChI=1S/C2HF3.H3O3P/c3-1-2(4)5;1-4(2)3/h1H;4H,(H2,1,2,3). The molecule has 0 fully saturated rings. The smallest absolute Gasteiger partial charge is 0.314 e. The highest BCUT2D eigenvalue weighted by Gasteiger charge is 1.78. The van der Waals surface area contributed by atoms with Gasteiger partial charge in [0.15, 0.2) is 6.33 Å². The van der Waals surface area contributed by atoms with E-state index >= 15 is 0 Å². The maximum absolute atomic E-state index is 10.2. The molecule has 0 bridgehead atoms. The van der Waals surface area contributed by atoms with Crippen molar-refractivity contribution in [3.05, 3.63) is 12.4 Å². The van der Waals surface area contributed by atoms with E-state index in [0.29, 0.717) is 0 Å². The van der Waals surface area contributed by atoms with Crippen molar-refractivity contribution in [1.29, 1.82) is 0 Å². The first-order chi connectivity index (χ1) is 4.00. The first-order valence-corrected chi connectivity index (χ1v) is 2.84. The lowest BCUT2D eigenvalue weighted by atomic mass is 11.1. The van der Waals surface area contributed by atoms with Crippen LogP contribution >= 0.6 is 8.25 Å². The molecule has 0 aliphatic rings. The highest BCUT2D eigenvalue weighted by molar-refractivity contribution is 7.30. The molecule has 0 rings (SSSR count). The van der Waals surface area contributed by atoms with Crippen LogP contribution in [0.5, 0.6) is 0 Å². The second kappa shape index (κ2) is 7.68. The van der Waals surface area contributed by atoms with Gasteiger partial charge in [-0.15, -0.1) is 0 Å². The van der Waals surface area contributed by atoms with Gasteiger partial charge in [0.25, 0.3) is 6.08 Å². The van der Waals surface area contributed by atoms with Crippen molar-refractivity contribution < 1.29 is 27.5 Å². The Morgan fingerprint density at radius 3 is 1.56 bits per heavy atom. The third kappa shape index (κ3) is 87.8. The average molecular weight is 164 g/mol. The van der Waals surface area contributed by atoms with E-state index in [2.05, 4.69) is 0 Å². The Kier molecular flexibility index (Phi) is 9.79. The molecule has 0 spiro atoms. The number of halogens is 3. The Bertz CT molecular complexity index is 106. The fourth-order valence-electron chi connectivity index (χ4n) is 0. The predicted molar refractivity (Wildman–Crippen MR) is 24.8 cm³/mol. The number of hydrogen-bond donors (Lipinski definition) is 2. The van der Waals surface area contributed by atoms with Crippen LogP contribution in [0.2, 0.25) is 0 Å².